The molecule has 0 aliphatic heterocycles. The van der Waals surface area contributed by atoms with E-state index in [9.17, 15) is 18.3 Å². The van der Waals surface area contributed by atoms with Crippen molar-refractivity contribution in [3.8, 4) is 0 Å². The van der Waals surface area contributed by atoms with Crippen molar-refractivity contribution in [2.75, 3.05) is 13.2 Å². The van der Waals surface area contributed by atoms with Gasteiger partial charge in [-0.05, 0) is 42.1 Å². The average Bonchev–Trinajstić information content (AvgIpc) is 2.62. The number of nitrogens with one attached hydrogen (secondary N) is 1. The second-order valence-corrected chi connectivity index (χ2v) is 8.03. The van der Waals surface area contributed by atoms with Crippen LogP contribution in [0.25, 0.3) is 10.9 Å². The molecule has 1 heterocycles. The van der Waals surface area contributed by atoms with E-state index in [1.54, 1.807) is 24.3 Å². The van der Waals surface area contributed by atoms with Crippen molar-refractivity contribution in [3.63, 3.8) is 0 Å². The van der Waals surface area contributed by atoms with Crippen molar-refractivity contribution in [3.05, 3.63) is 76.1 Å². The first kappa shape index (κ1) is 18.3. The summed E-state index contributed by atoms with van der Waals surface area (Å²) in [5.74, 6) is 0. The first-order valence-corrected chi connectivity index (χ1v) is 9.64. The quantitative estimate of drug-likeness (QED) is 0.693. The summed E-state index contributed by atoms with van der Waals surface area (Å²) >= 11 is 0. The Morgan fingerprint density at radius 2 is 1.81 bits per heavy atom. The molecule has 0 aliphatic rings. The van der Waals surface area contributed by atoms with Crippen molar-refractivity contribution >= 4 is 20.9 Å². The Balaban J connectivity index is 2.01. The van der Waals surface area contributed by atoms with E-state index in [4.69, 9.17) is 0 Å². The molecular formula is C19H20N2O4S. The smallest absolute Gasteiger partial charge is 0.252 e. The van der Waals surface area contributed by atoms with E-state index in [2.05, 4.69) is 4.98 Å². The number of fused-ring (bicyclic) bond motifs is 1. The topological polar surface area (TPSA) is 90.5 Å². The number of aliphatic hydroxyl groups excluding tert-OH is 1. The van der Waals surface area contributed by atoms with Crippen LogP contribution in [0.4, 0.5) is 0 Å². The van der Waals surface area contributed by atoms with Gasteiger partial charge in [0.15, 0.2) is 0 Å². The van der Waals surface area contributed by atoms with Crippen LogP contribution in [0.2, 0.25) is 0 Å². The first-order valence-electron chi connectivity index (χ1n) is 8.20. The molecule has 0 radical (unpaired) electrons. The molecule has 26 heavy (non-hydrogen) atoms. The van der Waals surface area contributed by atoms with Crippen LogP contribution in [0, 0.1) is 6.92 Å². The van der Waals surface area contributed by atoms with E-state index < -0.39 is 10.0 Å². The lowest BCUT2D eigenvalue weighted by Crippen LogP contribution is -2.35. The third-order valence-electron chi connectivity index (χ3n) is 4.16. The molecule has 2 aromatic carbocycles. The minimum atomic E-state index is -3.82. The van der Waals surface area contributed by atoms with Gasteiger partial charge in [-0.25, -0.2) is 8.42 Å². The first-order chi connectivity index (χ1) is 12.4. The van der Waals surface area contributed by atoms with Gasteiger partial charge in [0, 0.05) is 24.2 Å². The number of aliphatic hydroxyl groups is 1. The molecule has 136 valence electrons. The fraction of sp³-hybridized carbons (Fsp3) is 0.211. The summed E-state index contributed by atoms with van der Waals surface area (Å²) in [6.45, 7) is 1.39. The monoisotopic (exact) mass is 372 g/mol. The standard InChI is InChI=1S/C19H20N2O4S/c1-14-7-8-15-12-16(19(23)20-18(15)11-14)13-21(9-10-22)26(24,25)17-5-3-2-4-6-17/h2-8,11-12,22H,9-10,13H2,1H3,(H,20,23). The summed E-state index contributed by atoms with van der Waals surface area (Å²) < 4.78 is 26.8. The molecule has 0 fully saturated rings. The average molecular weight is 372 g/mol. The second-order valence-electron chi connectivity index (χ2n) is 6.09. The minimum absolute atomic E-state index is 0.0946. The highest BCUT2D eigenvalue weighted by Crippen LogP contribution is 2.19. The van der Waals surface area contributed by atoms with Gasteiger partial charge in [0.1, 0.15) is 0 Å². The van der Waals surface area contributed by atoms with Crippen molar-refractivity contribution < 1.29 is 13.5 Å². The van der Waals surface area contributed by atoms with Crippen LogP contribution in [-0.2, 0) is 16.6 Å². The number of aromatic amines is 1. The minimum Gasteiger partial charge on any atom is -0.395 e. The molecule has 6 nitrogen and oxygen atoms in total. The Hall–Kier alpha value is -2.48. The molecule has 0 aliphatic carbocycles. The molecule has 0 amide bonds. The molecule has 0 atom stereocenters. The zero-order chi connectivity index (χ0) is 18.7. The highest BCUT2D eigenvalue weighted by Gasteiger charge is 2.25. The van der Waals surface area contributed by atoms with E-state index >= 15 is 0 Å². The lowest BCUT2D eigenvalue weighted by atomic mass is 10.1. The molecule has 0 spiro atoms. The molecular weight excluding hydrogens is 352 g/mol. The predicted octanol–water partition coefficient (Wildman–Crippen LogP) is 2.02. The molecule has 0 unspecified atom stereocenters. The van der Waals surface area contributed by atoms with Crippen LogP contribution in [0.3, 0.4) is 0 Å². The van der Waals surface area contributed by atoms with Crippen LogP contribution in [-0.4, -0.2) is 36.0 Å². The summed E-state index contributed by atoms with van der Waals surface area (Å²) in [4.78, 5) is 15.3. The summed E-state index contributed by atoms with van der Waals surface area (Å²) in [7, 11) is -3.82. The number of rotatable bonds is 6. The van der Waals surface area contributed by atoms with Gasteiger partial charge in [0.2, 0.25) is 10.0 Å². The van der Waals surface area contributed by atoms with Gasteiger partial charge in [-0.3, -0.25) is 4.79 Å². The fourth-order valence-electron chi connectivity index (χ4n) is 2.80. The van der Waals surface area contributed by atoms with Crippen LogP contribution >= 0.6 is 0 Å². The maximum atomic E-state index is 12.8. The van der Waals surface area contributed by atoms with E-state index in [1.165, 1.54) is 12.1 Å². The maximum absolute atomic E-state index is 12.8. The number of sulfonamides is 1. The van der Waals surface area contributed by atoms with Gasteiger partial charge in [-0.2, -0.15) is 4.31 Å². The molecule has 3 rings (SSSR count). The number of hydrogen-bond donors (Lipinski definition) is 2. The van der Waals surface area contributed by atoms with Crippen molar-refractivity contribution in [1.82, 2.24) is 9.29 Å². The molecule has 0 bridgehead atoms. The second kappa shape index (κ2) is 7.41. The highest BCUT2D eigenvalue weighted by molar-refractivity contribution is 7.89. The number of aromatic nitrogens is 1. The van der Waals surface area contributed by atoms with E-state index in [0.29, 0.717) is 11.1 Å². The number of H-pyrrole nitrogens is 1. The molecule has 0 saturated heterocycles. The Morgan fingerprint density at radius 1 is 1.08 bits per heavy atom. The van der Waals surface area contributed by atoms with Gasteiger partial charge in [-0.1, -0.05) is 30.3 Å². The number of hydrogen-bond acceptors (Lipinski definition) is 4. The van der Waals surface area contributed by atoms with E-state index in [1.807, 2.05) is 25.1 Å². The van der Waals surface area contributed by atoms with Gasteiger partial charge in [-0.15, -0.1) is 0 Å². The number of pyridine rings is 1. The van der Waals surface area contributed by atoms with Crippen molar-refractivity contribution in [1.29, 1.82) is 0 Å². The Morgan fingerprint density at radius 3 is 2.50 bits per heavy atom. The largest absolute Gasteiger partial charge is 0.395 e. The van der Waals surface area contributed by atoms with Gasteiger partial charge in [0.25, 0.3) is 5.56 Å². The van der Waals surface area contributed by atoms with Crippen LogP contribution in [0.5, 0.6) is 0 Å². The lowest BCUT2D eigenvalue weighted by molar-refractivity contribution is 0.251. The third-order valence-corrected chi connectivity index (χ3v) is 6.01. The highest BCUT2D eigenvalue weighted by atomic mass is 32.2. The summed E-state index contributed by atoms with van der Waals surface area (Å²) in [6.07, 6.45) is 0. The summed E-state index contributed by atoms with van der Waals surface area (Å²) in [5.41, 5.74) is 1.72. The summed E-state index contributed by atoms with van der Waals surface area (Å²) in [5, 5.41) is 10.1. The van der Waals surface area contributed by atoms with E-state index in [0.717, 1.165) is 15.3 Å². The van der Waals surface area contributed by atoms with Crippen molar-refractivity contribution in [2.45, 2.75) is 18.4 Å². The lowest BCUT2D eigenvalue weighted by Gasteiger charge is -2.21. The van der Waals surface area contributed by atoms with E-state index in [-0.39, 0.29) is 30.2 Å². The SMILES string of the molecule is Cc1ccc2cc(CN(CCO)S(=O)(=O)c3ccccc3)c(=O)[nH]c2c1. The zero-order valence-corrected chi connectivity index (χ0v) is 15.2. The molecule has 7 heteroatoms. The van der Waals surface area contributed by atoms with Crippen LogP contribution in [0.15, 0.2) is 64.3 Å². The Kier molecular flexibility index (Phi) is 5.22. The molecule has 0 saturated carbocycles. The van der Waals surface area contributed by atoms with Gasteiger partial charge < -0.3 is 10.1 Å². The zero-order valence-electron chi connectivity index (χ0n) is 14.3. The van der Waals surface area contributed by atoms with Crippen LogP contribution in [0.1, 0.15) is 11.1 Å². The molecule has 2 N–H and O–H groups in total. The van der Waals surface area contributed by atoms with Gasteiger partial charge >= 0.3 is 0 Å². The molecule has 3 aromatic rings. The Bertz CT molecular complexity index is 1080. The van der Waals surface area contributed by atoms with Crippen LogP contribution < -0.4 is 5.56 Å². The summed E-state index contributed by atoms with van der Waals surface area (Å²) in [6, 6.07) is 15.4. The third kappa shape index (κ3) is 3.70. The fourth-order valence-corrected chi connectivity index (χ4v) is 4.24. The van der Waals surface area contributed by atoms with Gasteiger partial charge in [0.05, 0.1) is 11.5 Å². The molecule has 1 aromatic heterocycles. The maximum Gasteiger partial charge on any atom is 0.252 e. The predicted molar refractivity (Wildman–Crippen MR) is 100 cm³/mol. The van der Waals surface area contributed by atoms with Crippen molar-refractivity contribution in [2.24, 2.45) is 0 Å². The number of aryl methyl sites for hydroxylation is 1. The number of nitrogens with zero attached hydrogens (tertiary/aromatic N) is 1. The number of benzene rings is 2. The normalized spacial score (nSPS) is 12.0. The Labute approximate surface area is 151 Å².